The van der Waals surface area contributed by atoms with Gasteiger partial charge in [-0.15, -0.1) is 0 Å². The van der Waals surface area contributed by atoms with E-state index in [0.29, 0.717) is 24.2 Å². The molecule has 1 aromatic carbocycles. The predicted molar refractivity (Wildman–Crippen MR) is 61.8 cm³/mol. The summed E-state index contributed by atoms with van der Waals surface area (Å²) in [6.45, 7) is 4.01. The van der Waals surface area contributed by atoms with E-state index in [2.05, 4.69) is 0 Å². The number of rotatable bonds is 5. The Bertz CT molecular complexity index is 348. The fourth-order valence-corrected chi connectivity index (χ4v) is 1.63. The molecule has 0 aliphatic heterocycles. The van der Waals surface area contributed by atoms with Gasteiger partial charge in [-0.05, 0) is 43.9 Å². The highest BCUT2D eigenvalue weighted by molar-refractivity contribution is 5.27. The maximum Gasteiger partial charge on any atom is 0.126 e. The van der Waals surface area contributed by atoms with Gasteiger partial charge in [0.25, 0.3) is 0 Å². The van der Waals surface area contributed by atoms with Crippen LogP contribution in [-0.4, -0.2) is 18.8 Å². The molecule has 90 valence electrons. The largest absolute Gasteiger partial charge is 0.385 e. The summed E-state index contributed by atoms with van der Waals surface area (Å²) >= 11 is 0. The molecule has 0 amide bonds. The molecule has 0 aromatic heterocycles. The Hall–Kier alpha value is -0.930. The summed E-state index contributed by atoms with van der Waals surface area (Å²) in [6, 6.07) is 4.86. The van der Waals surface area contributed by atoms with Gasteiger partial charge in [-0.25, -0.2) is 4.39 Å². The highest BCUT2D eigenvalue weighted by atomic mass is 19.1. The van der Waals surface area contributed by atoms with Gasteiger partial charge in [0.05, 0.1) is 5.60 Å². The lowest BCUT2D eigenvalue weighted by Crippen LogP contribution is -2.22. The Kier molecular flexibility index (Phi) is 4.44. The lowest BCUT2D eigenvalue weighted by Gasteiger charge is -2.24. The molecule has 0 fully saturated rings. The van der Waals surface area contributed by atoms with Gasteiger partial charge in [-0.1, -0.05) is 12.1 Å². The molecule has 0 aliphatic carbocycles. The van der Waals surface area contributed by atoms with E-state index >= 15 is 0 Å². The van der Waals surface area contributed by atoms with Gasteiger partial charge >= 0.3 is 0 Å². The standard InChI is InChI=1S/C13H19FO2/c1-10-5-6-11(9-12(10)14)13(2,15)7-4-8-16-3/h5-6,9,15H,4,7-8H2,1-3H3. The third-order valence-electron chi connectivity index (χ3n) is 2.81. The second-order valence-corrected chi connectivity index (χ2v) is 4.33. The summed E-state index contributed by atoms with van der Waals surface area (Å²) in [4.78, 5) is 0. The quantitative estimate of drug-likeness (QED) is 0.782. The average Bonchev–Trinajstić information content (AvgIpc) is 2.22. The van der Waals surface area contributed by atoms with Crippen molar-refractivity contribution in [3.8, 4) is 0 Å². The van der Waals surface area contributed by atoms with Crippen LogP contribution in [0.15, 0.2) is 18.2 Å². The summed E-state index contributed by atoms with van der Waals surface area (Å²) in [5, 5.41) is 10.2. The third-order valence-corrected chi connectivity index (χ3v) is 2.81. The Morgan fingerprint density at radius 2 is 2.12 bits per heavy atom. The van der Waals surface area contributed by atoms with Crippen molar-refractivity contribution in [1.29, 1.82) is 0 Å². The summed E-state index contributed by atoms with van der Waals surface area (Å²) in [5.74, 6) is -0.274. The summed E-state index contributed by atoms with van der Waals surface area (Å²) in [6.07, 6.45) is 1.31. The molecular weight excluding hydrogens is 207 g/mol. The molecule has 0 bridgehead atoms. The van der Waals surface area contributed by atoms with Crippen LogP contribution in [0.2, 0.25) is 0 Å². The molecule has 0 saturated heterocycles. The zero-order valence-electron chi connectivity index (χ0n) is 10.1. The molecule has 1 atom stereocenters. The second kappa shape index (κ2) is 5.41. The van der Waals surface area contributed by atoms with Crippen LogP contribution in [0.4, 0.5) is 4.39 Å². The molecule has 0 radical (unpaired) electrons. The fourth-order valence-electron chi connectivity index (χ4n) is 1.63. The van der Waals surface area contributed by atoms with Gasteiger partial charge in [0.15, 0.2) is 0 Å². The van der Waals surface area contributed by atoms with Crippen molar-refractivity contribution in [1.82, 2.24) is 0 Å². The maximum atomic E-state index is 13.4. The van der Waals surface area contributed by atoms with Crippen molar-refractivity contribution in [3.63, 3.8) is 0 Å². The SMILES string of the molecule is COCCCC(C)(O)c1ccc(C)c(F)c1. The van der Waals surface area contributed by atoms with Gasteiger partial charge in [-0.2, -0.15) is 0 Å². The van der Waals surface area contributed by atoms with Crippen molar-refractivity contribution in [2.75, 3.05) is 13.7 Å². The fraction of sp³-hybridized carbons (Fsp3) is 0.538. The molecule has 1 aromatic rings. The molecule has 0 spiro atoms. The first-order valence-corrected chi connectivity index (χ1v) is 5.45. The first kappa shape index (κ1) is 13.1. The minimum Gasteiger partial charge on any atom is -0.385 e. The first-order valence-electron chi connectivity index (χ1n) is 5.45. The van der Waals surface area contributed by atoms with E-state index in [1.807, 2.05) is 0 Å². The number of halogens is 1. The molecule has 3 heteroatoms. The summed E-state index contributed by atoms with van der Waals surface area (Å²) in [5.41, 5.74) is 0.218. The first-order chi connectivity index (χ1) is 7.47. The number of hydrogen-bond acceptors (Lipinski definition) is 2. The number of benzene rings is 1. The van der Waals surface area contributed by atoms with Crippen LogP contribution in [0.1, 0.15) is 30.9 Å². The van der Waals surface area contributed by atoms with E-state index < -0.39 is 5.60 Å². The minimum atomic E-state index is -0.993. The van der Waals surface area contributed by atoms with Crippen LogP contribution in [0.3, 0.4) is 0 Å². The molecule has 0 saturated carbocycles. The van der Waals surface area contributed by atoms with Gasteiger partial charge < -0.3 is 9.84 Å². The molecule has 0 aliphatic rings. The molecule has 1 rings (SSSR count). The lowest BCUT2D eigenvalue weighted by atomic mass is 9.90. The van der Waals surface area contributed by atoms with Crippen molar-refractivity contribution in [3.05, 3.63) is 35.1 Å². The normalized spacial score (nSPS) is 14.8. The maximum absolute atomic E-state index is 13.4. The second-order valence-electron chi connectivity index (χ2n) is 4.33. The number of aliphatic hydroxyl groups is 1. The molecule has 0 heterocycles. The Morgan fingerprint density at radius 1 is 1.44 bits per heavy atom. The Labute approximate surface area is 96.1 Å². The van der Waals surface area contributed by atoms with Crippen LogP contribution in [-0.2, 0) is 10.3 Å². The van der Waals surface area contributed by atoms with Crippen LogP contribution in [0.25, 0.3) is 0 Å². The van der Waals surface area contributed by atoms with Crippen molar-refractivity contribution < 1.29 is 14.2 Å². The van der Waals surface area contributed by atoms with E-state index in [4.69, 9.17) is 4.74 Å². The number of aryl methyl sites for hydroxylation is 1. The third kappa shape index (κ3) is 3.29. The lowest BCUT2D eigenvalue weighted by molar-refractivity contribution is 0.0370. The van der Waals surface area contributed by atoms with Crippen molar-refractivity contribution in [2.45, 2.75) is 32.3 Å². The summed E-state index contributed by atoms with van der Waals surface area (Å²) in [7, 11) is 1.63. The summed E-state index contributed by atoms with van der Waals surface area (Å²) < 4.78 is 18.3. The van der Waals surface area contributed by atoms with Crippen LogP contribution in [0, 0.1) is 12.7 Å². The molecule has 2 nitrogen and oxygen atoms in total. The van der Waals surface area contributed by atoms with Crippen LogP contribution < -0.4 is 0 Å². The van der Waals surface area contributed by atoms with E-state index in [1.165, 1.54) is 6.07 Å². The van der Waals surface area contributed by atoms with E-state index in [9.17, 15) is 9.50 Å². The van der Waals surface area contributed by atoms with Gasteiger partial charge in [0.1, 0.15) is 5.82 Å². The Balaban J connectivity index is 2.76. The topological polar surface area (TPSA) is 29.5 Å². The predicted octanol–water partition coefficient (Wildman–Crippen LogP) is 2.77. The Morgan fingerprint density at radius 3 is 2.69 bits per heavy atom. The van der Waals surface area contributed by atoms with E-state index in [-0.39, 0.29) is 5.82 Å². The van der Waals surface area contributed by atoms with Gasteiger partial charge in [0, 0.05) is 13.7 Å². The molecule has 1 N–H and O–H groups in total. The molecule has 16 heavy (non-hydrogen) atoms. The molecular formula is C13H19FO2. The van der Waals surface area contributed by atoms with Gasteiger partial charge in [0.2, 0.25) is 0 Å². The highest BCUT2D eigenvalue weighted by Gasteiger charge is 2.23. The smallest absolute Gasteiger partial charge is 0.126 e. The van der Waals surface area contributed by atoms with Crippen LogP contribution in [0.5, 0.6) is 0 Å². The van der Waals surface area contributed by atoms with Crippen molar-refractivity contribution >= 4 is 0 Å². The number of ether oxygens (including phenoxy) is 1. The highest BCUT2D eigenvalue weighted by Crippen LogP contribution is 2.27. The monoisotopic (exact) mass is 226 g/mol. The average molecular weight is 226 g/mol. The zero-order valence-corrected chi connectivity index (χ0v) is 10.1. The van der Waals surface area contributed by atoms with E-state index in [0.717, 1.165) is 6.42 Å². The zero-order chi connectivity index (χ0) is 12.2. The van der Waals surface area contributed by atoms with Crippen molar-refractivity contribution in [2.24, 2.45) is 0 Å². The van der Waals surface area contributed by atoms with Crippen LogP contribution >= 0.6 is 0 Å². The number of methoxy groups -OCH3 is 1. The van der Waals surface area contributed by atoms with E-state index in [1.54, 1.807) is 33.1 Å². The molecule has 1 unspecified atom stereocenters. The minimum absolute atomic E-state index is 0.274. The number of hydrogen-bond donors (Lipinski definition) is 1. The van der Waals surface area contributed by atoms with Gasteiger partial charge in [-0.3, -0.25) is 0 Å².